The third-order valence-corrected chi connectivity index (χ3v) is 1.82. The molecule has 0 aliphatic carbocycles. The van der Waals surface area contributed by atoms with E-state index in [1.165, 1.54) is 25.7 Å². The van der Waals surface area contributed by atoms with Gasteiger partial charge in [0.1, 0.15) is 0 Å². The van der Waals surface area contributed by atoms with E-state index in [9.17, 15) is 0 Å². The Bertz CT molecular complexity index is 221. The van der Waals surface area contributed by atoms with Crippen LogP contribution in [-0.4, -0.2) is 13.1 Å². The van der Waals surface area contributed by atoms with Crippen molar-refractivity contribution in [2.24, 2.45) is 0 Å². The molecule has 0 aliphatic rings. The molecule has 1 N–H and O–H groups in total. The van der Waals surface area contributed by atoms with Crippen molar-refractivity contribution in [3.8, 4) is 23.7 Å². The van der Waals surface area contributed by atoms with Crippen LogP contribution in [0.4, 0.5) is 0 Å². The van der Waals surface area contributed by atoms with E-state index < -0.39 is 0 Å². The van der Waals surface area contributed by atoms with Gasteiger partial charge in [-0.1, -0.05) is 38.5 Å². The summed E-state index contributed by atoms with van der Waals surface area (Å²) in [6, 6.07) is 0. The van der Waals surface area contributed by atoms with Crippen LogP contribution in [-0.2, 0) is 0 Å². The first-order chi connectivity index (χ1) is 6.91. The standard InChI is InChI=1S/C13H21N/c1-3-5-7-8-9-10-11-13-14-12-6-4-2/h14H,3-7,12-13H2,1-2H3. The first kappa shape index (κ1) is 13.1. The molecule has 0 spiro atoms. The van der Waals surface area contributed by atoms with E-state index in [4.69, 9.17) is 0 Å². The molecule has 0 fully saturated rings. The van der Waals surface area contributed by atoms with Crippen molar-refractivity contribution in [2.45, 2.75) is 46.0 Å². The molecule has 1 heteroatoms. The number of nitrogens with one attached hydrogen (secondary N) is 1. The molecule has 1 nitrogen and oxygen atoms in total. The van der Waals surface area contributed by atoms with Gasteiger partial charge in [0, 0.05) is 6.42 Å². The summed E-state index contributed by atoms with van der Waals surface area (Å²) >= 11 is 0. The lowest BCUT2D eigenvalue weighted by Gasteiger charge is -1.95. The predicted molar refractivity (Wildman–Crippen MR) is 62.9 cm³/mol. The molecule has 0 atom stereocenters. The lowest BCUT2D eigenvalue weighted by Crippen LogP contribution is -2.14. The molecule has 0 unspecified atom stereocenters. The first-order valence-electron chi connectivity index (χ1n) is 5.58. The summed E-state index contributed by atoms with van der Waals surface area (Å²) in [4.78, 5) is 0. The number of hydrogen-bond donors (Lipinski definition) is 1. The van der Waals surface area contributed by atoms with E-state index in [2.05, 4.69) is 42.8 Å². The zero-order valence-electron chi connectivity index (χ0n) is 9.45. The van der Waals surface area contributed by atoms with Crippen LogP contribution in [0.5, 0.6) is 0 Å². The molecule has 0 aromatic rings. The van der Waals surface area contributed by atoms with Crippen LogP contribution in [0, 0.1) is 23.7 Å². The van der Waals surface area contributed by atoms with Gasteiger partial charge >= 0.3 is 0 Å². The Labute approximate surface area is 88.7 Å². The maximum atomic E-state index is 3.25. The Kier molecular flexibility index (Phi) is 11.3. The van der Waals surface area contributed by atoms with E-state index in [1.807, 2.05) is 0 Å². The molecule has 0 saturated heterocycles. The Morgan fingerprint density at radius 3 is 2.36 bits per heavy atom. The van der Waals surface area contributed by atoms with Gasteiger partial charge < -0.3 is 5.32 Å². The van der Waals surface area contributed by atoms with Gasteiger partial charge in [0.25, 0.3) is 0 Å². The predicted octanol–water partition coefficient (Wildman–Crippen LogP) is 2.57. The summed E-state index contributed by atoms with van der Waals surface area (Å²) in [6.07, 6.45) is 5.83. The average Bonchev–Trinajstić information content (AvgIpc) is 2.21. The second kappa shape index (κ2) is 12.1. The summed E-state index contributed by atoms with van der Waals surface area (Å²) in [7, 11) is 0. The molecule has 0 aliphatic heterocycles. The van der Waals surface area contributed by atoms with Gasteiger partial charge in [0.05, 0.1) is 6.54 Å². The van der Waals surface area contributed by atoms with Crippen LogP contribution >= 0.6 is 0 Å². The Balaban J connectivity index is 3.28. The maximum Gasteiger partial charge on any atom is 0.0586 e. The summed E-state index contributed by atoms with van der Waals surface area (Å²) in [6.45, 7) is 6.19. The van der Waals surface area contributed by atoms with E-state index >= 15 is 0 Å². The van der Waals surface area contributed by atoms with Crippen molar-refractivity contribution in [2.75, 3.05) is 13.1 Å². The van der Waals surface area contributed by atoms with E-state index in [0.29, 0.717) is 0 Å². The fraction of sp³-hybridized carbons (Fsp3) is 0.692. The molecular formula is C13H21N. The van der Waals surface area contributed by atoms with Gasteiger partial charge in [0.15, 0.2) is 0 Å². The number of hydrogen-bond acceptors (Lipinski definition) is 1. The Morgan fingerprint density at radius 1 is 0.929 bits per heavy atom. The summed E-state index contributed by atoms with van der Waals surface area (Å²) < 4.78 is 0. The molecular weight excluding hydrogens is 170 g/mol. The van der Waals surface area contributed by atoms with Crippen molar-refractivity contribution in [3.63, 3.8) is 0 Å². The molecule has 0 radical (unpaired) electrons. The maximum absolute atomic E-state index is 3.25. The highest BCUT2D eigenvalue weighted by Crippen LogP contribution is 1.89. The van der Waals surface area contributed by atoms with E-state index in [-0.39, 0.29) is 0 Å². The van der Waals surface area contributed by atoms with Gasteiger partial charge in [-0.05, 0) is 31.2 Å². The molecule has 0 bridgehead atoms. The molecule has 0 aromatic heterocycles. The normalized spacial score (nSPS) is 8.43. The van der Waals surface area contributed by atoms with Crippen molar-refractivity contribution >= 4 is 0 Å². The Morgan fingerprint density at radius 2 is 1.64 bits per heavy atom. The van der Waals surface area contributed by atoms with Gasteiger partial charge in [-0.2, -0.15) is 0 Å². The minimum absolute atomic E-state index is 0.766. The second-order valence-electron chi connectivity index (χ2n) is 3.24. The molecule has 0 saturated carbocycles. The number of rotatable bonds is 6. The minimum atomic E-state index is 0.766. The summed E-state index contributed by atoms with van der Waals surface area (Å²) in [5.41, 5.74) is 0. The van der Waals surface area contributed by atoms with Crippen LogP contribution in [0.25, 0.3) is 0 Å². The lowest BCUT2D eigenvalue weighted by molar-refractivity contribution is 0.687. The summed E-state index contributed by atoms with van der Waals surface area (Å²) in [5, 5.41) is 3.25. The van der Waals surface area contributed by atoms with Gasteiger partial charge in [-0.3, -0.25) is 0 Å². The zero-order chi connectivity index (χ0) is 10.5. The van der Waals surface area contributed by atoms with E-state index in [0.717, 1.165) is 19.5 Å². The fourth-order valence-electron chi connectivity index (χ4n) is 0.913. The monoisotopic (exact) mass is 191 g/mol. The van der Waals surface area contributed by atoms with Crippen LogP contribution < -0.4 is 5.32 Å². The van der Waals surface area contributed by atoms with Crippen LogP contribution in [0.3, 0.4) is 0 Å². The highest BCUT2D eigenvalue weighted by Gasteiger charge is 1.80. The van der Waals surface area contributed by atoms with Crippen LogP contribution in [0.2, 0.25) is 0 Å². The van der Waals surface area contributed by atoms with Crippen molar-refractivity contribution < 1.29 is 0 Å². The highest BCUT2D eigenvalue weighted by molar-refractivity contribution is 5.26. The smallest absolute Gasteiger partial charge is 0.0586 e. The van der Waals surface area contributed by atoms with Crippen molar-refractivity contribution in [3.05, 3.63) is 0 Å². The summed E-state index contributed by atoms with van der Waals surface area (Å²) in [5.74, 6) is 11.7. The molecule has 14 heavy (non-hydrogen) atoms. The van der Waals surface area contributed by atoms with Gasteiger partial charge in [-0.25, -0.2) is 0 Å². The topological polar surface area (TPSA) is 12.0 Å². The average molecular weight is 191 g/mol. The Hall–Kier alpha value is -0.920. The quantitative estimate of drug-likeness (QED) is 0.502. The third-order valence-electron chi connectivity index (χ3n) is 1.82. The minimum Gasteiger partial charge on any atom is -0.306 e. The van der Waals surface area contributed by atoms with Crippen LogP contribution in [0.1, 0.15) is 46.0 Å². The largest absolute Gasteiger partial charge is 0.306 e. The second-order valence-corrected chi connectivity index (χ2v) is 3.24. The molecule has 0 heterocycles. The highest BCUT2D eigenvalue weighted by atomic mass is 14.8. The van der Waals surface area contributed by atoms with Crippen molar-refractivity contribution in [1.29, 1.82) is 0 Å². The first-order valence-corrected chi connectivity index (χ1v) is 5.58. The molecule has 0 rings (SSSR count). The van der Waals surface area contributed by atoms with Crippen LogP contribution in [0.15, 0.2) is 0 Å². The van der Waals surface area contributed by atoms with E-state index in [1.54, 1.807) is 0 Å². The van der Waals surface area contributed by atoms with Crippen molar-refractivity contribution in [1.82, 2.24) is 5.32 Å². The third kappa shape index (κ3) is 11.1. The fourth-order valence-corrected chi connectivity index (χ4v) is 0.913. The number of unbranched alkanes of at least 4 members (excludes halogenated alkanes) is 3. The SMILES string of the molecule is CCCCC#CC#CCNCCCC. The van der Waals surface area contributed by atoms with Gasteiger partial charge in [0.2, 0.25) is 0 Å². The molecule has 78 valence electrons. The van der Waals surface area contributed by atoms with Gasteiger partial charge in [-0.15, -0.1) is 0 Å². The lowest BCUT2D eigenvalue weighted by atomic mass is 10.2. The zero-order valence-corrected chi connectivity index (χ0v) is 9.45. The molecule has 0 aromatic carbocycles. The molecule has 0 amide bonds.